The Morgan fingerprint density at radius 3 is 2.79 bits per heavy atom. The molecule has 0 aliphatic rings. The van der Waals surface area contributed by atoms with E-state index in [1.807, 2.05) is 0 Å². The van der Waals surface area contributed by atoms with Crippen LogP contribution in [0.25, 0.3) is 0 Å². The second-order valence-corrected chi connectivity index (χ2v) is 3.57. The minimum atomic E-state index is -0.859. The van der Waals surface area contributed by atoms with Gasteiger partial charge in [-0.2, -0.15) is 0 Å². The van der Waals surface area contributed by atoms with Crippen LogP contribution in [-0.4, -0.2) is 16.6 Å². The van der Waals surface area contributed by atoms with E-state index in [0.29, 0.717) is 10.0 Å². The molecule has 0 unspecified atom stereocenters. The highest BCUT2D eigenvalue weighted by atomic mass is 79.9. The lowest BCUT2D eigenvalue weighted by Gasteiger charge is -2.07. The lowest BCUT2D eigenvalue weighted by atomic mass is 10.1. The Morgan fingerprint density at radius 2 is 2.29 bits per heavy atom. The van der Waals surface area contributed by atoms with Gasteiger partial charge in [-0.1, -0.05) is 6.07 Å². The van der Waals surface area contributed by atoms with E-state index in [4.69, 9.17) is 5.73 Å². The molecule has 0 fully saturated rings. The number of halogens is 1. The number of nitro groups is 1. The van der Waals surface area contributed by atoms with Crippen LogP contribution in [0.5, 0.6) is 0 Å². The summed E-state index contributed by atoms with van der Waals surface area (Å²) < 4.78 is 0.385. The van der Waals surface area contributed by atoms with Gasteiger partial charge in [0.1, 0.15) is 0 Å². The third kappa shape index (κ3) is 2.28. The minimum absolute atomic E-state index is 0.0405. The highest BCUT2D eigenvalue weighted by molar-refractivity contribution is 9.10. The Hall–Kier alpha value is -0.980. The number of aliphatic hydroxyl groups excluding tert-OH is 1. The summed E-state index contributed by atoms with van der Waals surface area (Å²) in [6.07, 6.45) is -0.859. The molecular formula is C8H9BrN2O3. The number of aliphatic hydroxyl groups is 1. The first-order chi connectivity index (χ1) is 6.56. The summed E-state index contributed by atoms with van der Waals surface area (Å²) in [6, 6.07) is 4.42. The van der Waals surface area contributed by atoms with E-state index in [0.717, 1.165) is 0 Å². The van der Waals surface area contributed by atoms with Crippen LogP contribution < -0.4 is 5.73 Å². The van der Waals surface area contributed by atoms with Crippen LogP contribution in [0.1, 0.15) is 11.7 Å². The Balaban J connectivity index is 3.12. The molecule has 5 nitrogen and oxygen atoms in total. The zero-order chi connectivity index (χ0) is 10.7. The Kier molecular flexibility index (Phi) is 3.56. The first kappa shape index (κ1) is 11.1. The summed E-state index contributed by atoms with van der Waals surface area (Å²) in [5, 5.41) is 19.9. The van der Waals surface area contributed by atoms with Gasteiger partial charge in [0.25, 0.3) is 5.69 Å². The molecule has 14 heavy (non-hydrogen) atoms. The fourth-order valence-corrected chi connectivity index (χ4v) is 1.40. The molecule has 0 aromatic heterocycles. The van der Waals surface area contributed by atoms with Gasteiger partial charge in [0, 0.05) is 12.6 Å². The molecule has 0 aliphatic carbocycles. The fraction of sp³-hybridized carbons (Fsp3) is 0.250. The molecule has 0 bridgehead atoms. The van der Waals surface area contributed by atoms with Crippen LogP contribution >= 0.6 is 15.9 Å². The normalized spacial score (nSPS) is 12.5. The van der Waals surface area contributed by atoms with Crippen molar-refractivity contribution in [3.05, 3.63) is 38.3 Å². The van der Waals surface area contributed by atoms with Gasteiger partial charge in [-0.25, -0.2) is 0 Å². The zero-order valence-electron chi connectivity index (χ0n) is 7.18. The highest BCUT2D eigenvalue weighted by Crippen LogP contribution is 2.27. The predicted molar refractivity (Wildman–Crippen MR) is 54.8 cm³/mol. The van der Waals surface area contributed by atoms with Crippen molar-refractivity contribution in [2.45, 2.75) is 6.10 Å². The number of nitrogens with zero attached hydrogens (tertiary/aromatic N) is 1. The van der Waals surface area contributed by atoms with Crippen molar-refractivity contribution >= 4 is 21.6 Å². The molecule has 0 aliphatic heterocycles. The predicted octanol–water partition coefficient (Wildman–Crippen LogP) is 1.35. The quantitative estimate of drug-likeness (QED) is 0.634. The van der Waals surface area contributed by atoms with Crippen LogP contribution in [-0.2, 0) is 0 Å². The van der Waals surface area contributed by atoms with Gasteiger partial charge in [0.15, 0.2) is 0 Å². The fourth-order valence-electron chi connectivity index (χ4n) is 1.01. The lowest BCUT2D eigenvalue weighted by molar-refractivity contribution is -0.385. The number of benzene rings is 1. The second-order valence-electron chi connectivity index (χ2n) is 2.72. The SMILES string of the molecule is NC[C@H](O)c1ccc(Br)c([N+](=O)[O-])c1. The third-order valence-electron chi connectivity index (χ3n) is 1.77. The molecule has 1 aromatic rings. The average molecular weight is 261 g/mol. The number of hydrogen-bond donors (Lipinski definition) is 2. The second kappa shape index (κ2) is 4.50. The summed E-state index contributed by atoms with van der Waals surface area (Å²) >= 11 is 3.05. The van der Waals surface area contributed by atoms with Gasteiger partial charge >= 0.3 is 0 Å². The summed E-state index contributed by atoms with van der Waals surface area (Å²) in [5.74, 6) is 0. The number of nitro benzene ring substituents is 1. The van der Waals surface area contributed by atoms with Gasteiger partial charge < -0.3 is 10.8 Å². The molecule has 1 atom stereocenters. The lowest BCUT2D eigenvalue weighted by Crippen LogP contribution is -2.11. The van der Waals surface area contributed by atoms with Crippen molar-refractivity contribution in [2.75, 3.05) is 6.54 Å². The van der Waals surface area contributed by atoms with Gasteiger partial charge in [0.2, 0.25) is 0 Å². The molecule has 0 heterocycles. The van der Waals surface area contributed by atoms with Gasteiger partial charge in [0.05, 0.1) is 15.5 Å². The Morgan fingerprint density at radius 1 is 1.64 bits per heavy atom. The van der Waals surface area contributed by atoms with Crippen molar-refractivity contribution < 1.29 is 10.0 Å². The molecule has 0 amide bonds. The largest absolute Gasteiger partial charge is 0.387 e. The maximum atomic E-state index is 10.5. The molecule has 6 heteroatoms. The smallest absolute Gasteiger partial charge is 0.283 e. The van der Waals surface area contributed by atoms with E-state index in [9.17, 15) is 15.2 Å². The summed E-state index contributed by atoms with van der Waals surface area (Å²) in [7, 11) is 0. The number of nitrogens with two attached hydrogens (primary N) is 1. The zero-order valence-corrected chi connectivity index (χ0v) is 8.77. The van der Waals surface area contributed by atoms with Crippen molar-refractivity contribution in [1.82, 2.24) is 0 Å². The van der Waals surface area contributed by atoms with E-state index in [2.05, 4.69) is 15.9 Å². The van der Waals surface area contributed by atoms with Crippen LogP contribution in [0.3, 0.4) is 0 Å². The molecule has 0 spiro atoms. The monoisotopic (exact) mass is 260 g/mol. The number of hydrogen-bond acceptors (Lipinski definition) is 4. The van der Waals surface area contributed by atoms with E-state index < -0.39 is 11.0 Å². The van der Waals surface area contributed by atoms with E-state index in [-0.39, 0.29) is 12.2 Å². The maximum Gasteiger partial charge on any atom is 0.283 e. The molecule has 1 aromatic carbocycles. The average Bonchev–Trinajstić information content (AvgIpc) is 2.17. The number of rotatable bonds is 3. The van der Waals surface area contributed by atoms with Crippen LogP contribution in [0.2, 0.25) is 0 Å². The van der Waals surface area contributed by atoms with Gasteiger partial charge in [-0.15, -0.1) is 0 Å². The van der Waals surface area contributed by atoms with E-state index in [1.54, 1.807) is 6.07 Å². The van der Waals surface area contributed by atoms with E-state index >= 15 is 0 Å². The first-order valence-corrected chi connectivity index (χ1v) is 4.67. The molecular weight excluding hydrogens is 252 g/mol. The Labute approximate surface area is 88.8 Å². The maximum absolute atomic E-state index is 10.5. The molecule has 0 saturated heterocycles. The molecule has 0 saturated carbocycles. The summed E-state index contributed by atoms with van der Waals surface area (Å²) in [6.45, 7) is 0.0405. The molecule has 0 radical (unpaired) electrons. The minimum Gasteiger partial charge on any atom is -0.387 e. The summed E-state index contributed by atoms with van der Waals surface area (Å²) in [4.78, 5) is 10.0. The molecule has 3 N–H and O–H groups in total. The van der Waals surface area contributed by atoms with Gasteiger partial charge in [-0.05, 0) is 27.6 Å². The van der Waals surface area contributed by atoms with Crippen molar-refractivity contribution in [2.24, 2.45) is 5.73 Å². The van der Waals surface area contributed by atoms with Crippen molar-refractivity contribution in [1.29, 1.82) is 0 Å². The van der Waals surface area contributed by atoms with Crippen LogP contribution in [0, 0.1) is 10.1 Å². The Bertz CT molecular complexity index is 356. The molecule has 1 rings (SSSR count). The first-order valence-electron chi connectivity index (χ1n) is 3.88. The standard InChI is InChI=1S/C8H9BrN2O3/c9-6-2-1-5(8(12)4-10)3-7(6)11(13)14/h1-3,8,12H,4,10H2/t8-/m0/s1. The van der Waals surface area contributed by atoms with Crippen LogP contribution in [0.15, 0.2) is 22.7 Å². The van der Waals surface area contributed by atoms with E-state index in [1.165, 1.54) is 12.1 Å². The highest BCUT2D eigenvalue weighted by Gasteiger charge is 2.15. The third-order valence-corrected chi connectivity index (χ3v) is 2.45. The molecule has 76 valence electrons. The topological polar surface area (TPSA) is 89.4 Å². The van der Waals surface area contributed by atoms with Crippen molar-refractivity contribution in [3.63, 3.8) is 0 Å². The summed E-state index contributed by atoms with van der Waals surface area (Å²) in [5.41, 5.74) is 5.61. The van der Waals surface area contributed by atoms with Gasteiger partial charge in [-0.3, -0.25) is 10.1 Å². The van der Waals surface area contributed by atoms with Crippen molar-refractivity contribution in [3.8, 4) is 0 Å². The van der Waals surface area contributed by atoms with Crippen LogP contribution in [0.4, 0.5) is 5.69 Å².